The number of rotatable bonds is 4. The van der Waals surface area contributed by atoms with Crippen LogP contribution in [-0.2, 0) is 11.3 Å². The molecule has 1 amide bonds. The Balaban J connectivity index is 1.75. The Morgan fingerprint density at radius 3 is 2.82 bits per heavy atom. The predicted molar refractivity (Wildman–Crippen MR) is 68.7 cm³/mol. The van der Waals surface area contributed by atoms with Gasteiger partial charge in [0.15, 0.2) is 0 Å². The van der Waals surface area contributed by atoms with Crippen molar-refractivity contribution in [3.8, 4) is 0 Å². The molecule has 17 heavy (non-hydrogen) atoms. The second kappa shape index (κ2) is 5.82. The van der Waals surface area contributed by atoms with E-state index in [1.54, 1.807) is 0 Å². The summed E-state index contributed by atoms with van der Waals surface area (Å²) in [5.41, 5.74) is 2.40. The van der Waals surface area contributed by atoms with Crippen molar-refractivity contribution in [2.45, 2.75) is 26.3 Å². The molecule has 92 valence electrons. The molecule has 0 spiro atoms. The summed E-state index contributed by atoms with van der Waals surface area (Å²) < 4.78 is 0. The third kappa shape index (κ3) is 3.86. The second-order valence-corrected chi connectivity index (χ2v) is 4.75. The number of nitrogens with one attached hydrogen (secondary N) is 1. The van der Waals surface area contributed by atoms with E-state index in [9.17, 15) is 4.79 Å². The van der Waals surface area contributed by atoms with E-state index < -0.39 is 0 Å². The van der Waals surface area contributed by atoms with Gasteiger partial charge in [-0.3, -0.25) is 9.69 Å². The molecule has 1 aromatic rings. The molecule has 0 atom stereocenters. The van der Waals surface area contributed by atoms with E-state index in [1.807, 2.05) is 12.1 Å². The molecule has 0 unspecified atom stereocenters. The van der Waals surface area contributed by atoms with Crippen LogP contribution in [0.5, 0.6) is 0 Å². The molecular formula is C14H20N2O. The molecular weight excluding hydrogens is 212 g/mol. The molecule has 0 radical (unpaired) electrons. The first kappa shape index (κ1) is 12.1. The number of hydrogen-bond acceptors (Lipinski definition) is 2. The number of amides is 1. The van der Waals surface area contributed by atoms with Gasteiger partial charge >= 0.3 is 0 Å². The lowest BCUT2D eigenvalue weighted by Gasteiger charge is -2.14. The van der Waals surface area contributed by atoms with Crippen LogP contribution in [0, 0.1) is 6.92 Å². The molecule has 1 aliphatic rings. The molecule has 1 N–H and O–H groups in total. The van der Waals surface area contributed by atoms with Crippen LogP contribution in [0.4, 0.5) is 0 Å². The minimum Gasteiger partial charge on any atom is -0.351 e. The Morgan fingerprint density at radius 2 is 2.12 bits per heavy atom. The summed E-state index contributed by atoms with van der Waals surface area (Å²) in [6.45, 7) is 5.38. The molecule has 3 nitrogen and oxygen atoms in total. The van der Waals surface area contributed by atoms with E-state index in [-0.39, 0.29) is 5.91 Å². The van der Waals surface area contributed by atoms with E-state index in [2.05, 4.69) is 29.3 Å². The topological polar surface area (TPSA) is 32.3 Å². The highest BCUT2D eigenvalue weighted by molar-refractivity contribution is 5.78. The van der Waals surface area contributed by atoms with Gasteiger partial charge in [0, 0.05) is 6.54 Å². The molecule has 1 aromatic carbocycles. The Bertz CT molecular complexity index is 384. The lowest BCUT2D eigenvalue weighted by molar-refractivity contribution is -0.122. The highest BCUT2D eigenvalue weighted by atomic mass is 16.2. The minimum absolute atomic E-state index is 0.133. The maximum Gasteiger partial charge on any atom is 0.234 e. The largest absolute Gasteiger partial charge is 0.351 e. The van der Waals surface area contributed by atoms with Crippen LogP contribution < -0.4 is 5.32 Å². The third-order valence-corrected chi connectivity index (χ3v) is 3.14. The maximum absolute atomic E-state index is 11.7. The summed E-state index contributed by atoms with van der Waals surface area (Å²) in [5, 5.41) is 2.97. The Labute approximate surface area is 103 Å². The summed E-state index contributed by atoms with van der Waals surface area (Å²) in [5.74, 6) is 0.133. The standard InChI is InChI=1S/C14H20N2O/c1-12-5-4-6-13(9-12)10-15-14(17)11-16-7-2-3-8-16/h4-6,9H,2-3,7-8,10-11H2,1H3,(H,15,17). The molecule has 2 rings (SSSR count). The average Bonchev–Trinajstić information content (AvgIpc) is 2.79. The molecule has 0 aromatic heterocycles. The van der Waals surface area contributed by atoms with Crippen LogP contribution >= 0.6 is 0 Å². The highest BCUT2D eigenvalue weighted by Gasteiger charge is 2.14. The Hall–Kier alpha value is -1.35. The van der Waals surface area contributed by atoms with Crippen LogP contribution in [0.1, 0.15) is 24.0 Å². The summed E-state index contributed by atoms with van der Waals surface area (Å²) in [6.07, 6.45) is 2.45. The molecule has 1 aliphatic heterocycles. The van der Waals surface area contributed by atoms with E-state index in [1.165, 1.54) is 24.0 Å². The molecule has 1 fully saturated rings. The molecule has 1 saturated heterocycles. The van der Waals surface area contributed by atoms with Crippen LogP contribution in [0.2, 0.25) is 0 Å². The number of likely N-dealkylation sites (tertiary alicyclic amines) is 1. The zero-order valence-corrected chi connectivity index (χ0v) is 10.4. The van der Waals surface area contributed by atoms with E-state index in [4.69, 9.17) is 0 Å². The number of aryl methyl sites for hydroxylation is 1. The number of nitrogens with zero attached hydrogens (tertiary/aromatic N) is 1. The van der Waals surface area contributed by atoms with Crippen molar-refractivity contribution in [1.29, 1.82) is 0 Å². The molecule has 1 heterocycles. The van der Waals surface area contributed by atoms with Crippen molar-refractivity contribution >= 4 is 5.91 Å². The van der Waals surface area contributed by atoms with Crippen LogP contribution in [0.25, 0.3) is 0 Å². The van der Waals surface area contributed by atoms with Crippen molar-refractivity contribution in [2.24, 2.45) is 0 Å². The molecule has 0 saturated carbocycles. The van der Waals surface area contributed by atoms with Crippen LogP contribution in [-0.4, -0.2) is 30.4 Å². The van der Waals surface area contributed by atoms with E-state index >= 15 is 0 Å². The van der Waals surface area contributed by atoms with Crippen LogP contribution in [0.3, 0.4) is 0 Å². The fourth-order valence-electron chi connectivity index (χ4n) is 2.22. The van der Waals surface area contributed by atoms with Gasteiger partial charge in [-0.2, -0.15) is 0 Å². The van der Waals surface area contributed by atoms with Gasteiger partial charge < -0.3 is 5.32 Å². The SMILES string of the molecule is Cc1cccc(CNC(=O)CN2CCCC2)c1. The monoisotopic (exact) mass is 232 g/mol. The Morgan fingerprint density at radius 1 is 1.35 bits per heavy atom. The first-order chi connectivity index (χ1) is 8.24. The zero-order valence-electron chi connectivity index (χ0n) is 10.4. The van der Waals surface area contributed by atoms with Gasteiger partial charge in [0.05, 0.1) is 6.54 Å². The number of hydrogen-bond donors (Lipinski definition) is 1. The molecule has 0 aliphatic carbocycles. The summed E-state index contributed by atoms with van der Waals surface area (Å²) in [7, 11) is 0. The van der Waals surface area contributed by atoms with Gasteiger partial charge in [0.2, 0.25) is 5.91 Å². The lowest BCUT2D eigenvalue weighted by Crippen LogP contribution is -2.35. The maximum atomic E-state index is 11.7. The normalized spacial score (nSPS) is 16.1. The first-order valence-electron chi connectivity index (χ1n) is 6.28. The van der Waals surface area contributed by atoms with Crippen molar-refractivity contribution in [2.75, 3.05) is 19.6 Å². The summed E-state index contributed by atoms with van der Waals surface area (Å²) >= 11 is 0. The quantitative estimate of drug-likeness (QED) is 0.857. The molecule has 3 heteroatoms. The minimum atomic E-state index is 0.133. The van der Waals surface area contributed by atoms with Gasteiger partial charge in [-0.1, -0.05) is 29.8 Å². The van der Waals surface area contributed by atoms with Gasteiger partial charge in [0.1, 0.15) is 0 Å². The predicted octanol–water partition coefficient (Wildman–Crippen LogP) is 1.71. The fourth-order valence-corrected chi connectivity index (χ4v) is 2.22. The fraction of sp³-hybridized carbons (Fsp3) is 0.500. The highest BCUT2D eigenvalue weighted by Crippen LogP contribution is 2.06. The van der Waals surface area contributed by atoms with E-state index in [0.717, 1.165) is 13.1 Å². The zero-order chi connectivity index (χ0) is 12.1. The van der Waals surface area contributed by atoms with Gasteiger partial charge in [-0.25, -0.2) is 0 Å². The van der Waals surface area contributed by atoms with Gasteiger partial charge in [-0.05, 0) is 38.4 Å². The van der Waals surface area contributed by atoms with Gasteiger partial charge in [0.25, 0.3) is 0 Å². The number of carbonyl (C=O) groups excluding carboxylic acids is 1. The summed E-state index contributed by atoms with van der Waals surface area (Å²) in [4.78, 5) is 13.9. The van der Waals surface area contributed by atoms with Crippen molar-refractivity contribution in [3.63, 3.8) is 0 Å². The van der Waals surface area contributed by atoms with Gasteiger partial charge in [-0.15, -0.1) is 0 Å². The molecule has 0 bridgehead atoms. The van der Waals surface area contributed by atoms with Crippen LogP contribution in [0.15, 0.2) is 24.3 Å². The van der Waals surface area contributed by atoms with Crippen molar-refractivity contribution in [3.05, 3.63) is 35.4 Å². The third-order valence-electron chi connectivity index (χ3n) is 3.14. The van der Waals surface area contributed by atoms with E-state index in [0.29, 0.717) is 13.1 Å². The second-order valence-electron chi connectivity index (χ2n) is 4.75. The lowest BCUT2D eigenvalue weighted by atomic mass is 10.1. The average molecular weight is 232 g/mol. The van der Waals surface area contributed by atoms with Crippen molar-refractivity contribution in [1.82, 2.24) is 10.2 Å². The summed E-state index contributed by atoms with van der Waals surface area (Å²) in [6, 6.07) is 8.24. The first-order valence-corrected chi connectivity index (χ1v) is 6.28. The Kier molecular flexibility index (Phi) is 4.15. The number of carbonyl (C=O) groups is 1. The number of benzene rings is 1. The van der Waals surface area contributed by atoms with Crippen molar-refractivity contribution < 1.29 is 4.79 Å². The smallest absolute Gasteiger partial charge is 0.234 e.